The molecule has 2 aliphatic rings. The zero-order valence-electron chi connectivity index (χ0n) is 13.2. The summed E-state index contributed by atoms with van der Waals surface area (Å²) in [4.78, 5) is 12.6. The van der Waals surface area contributed by atoms with Crippen LogP contribution in [-0.2, 0) is 20.5 Å². The zero-order valence-corrected chi connectivity index (χ0v) is 13.2. The molecule has 0 bridgehead atoms. The van der Waals surface area contributed by atoms with Crippen molar-refractivity contribution in [2.75, 3.05) is 13.7 Å². The molecule has 3 heteroatoms. The molecule has 114 valence electrons. The first-order chi connectivity index (χ1) is 9.99. The number of hydrogen-bond acceptors (Lipinski definition) is 3. The van der Waals surface area contributed by atoms with E-state index >= 15 is 0 Å². The minimum Gasteiger partial charge on any atom is -0.467 e. The molecule has 0 radical (unpaired) electrons. The van der Waals surface area contributed by atoms with Gasteiger partial charge in [-0.25, -0.2) is 4.79 Å². The molecule has 2 aliphatic carbocycles. The van der Waals surface area contributed by atoms with Gasteiger partial charge in [0.05, 0.1) is 7.11 Å². The highest BCUT2D eigenvalue weighted by atomic mass is 16.5. The molecular weight excluding hydrogens is 262 g/mol. The van der Waals surface area contributed by atoms with Crippen molar-refractivity contribution in [3.63, 3.8) is 0 Å². The van der Waals surface area contributed by atoms with E-state index in [2.05, 4.69) is 37.4 Å². The van der Waals surface area contributed by atoms with Gasteiger partial charge in [0.25, 0.3) is 0 Å². The van der Waals surface area contributed by atoms with Gasteiger partial charge in [-0.05, 0) is 54.7 Å². The van der Waals surface area contributed by atoms with Crippen molar-refractivity contribution in [1.29, 1.82) is 0 Å². The molecule has 0 saturated heterocycles. The summed E-state index contributed by atoms with van der Waals surface area (Å²) in [7, 11) is 1.49. The molecule has 0 amide bonds. The number of hydrogen-bond donors (Lipinski definition) is 1. The second-order valence-electron chi connectivity index (χ2n) is 7.15. The van der Waals surface area contributed by atoms with Gasteiger partial charge in [0.2, 0.25) is 0 Å². The van der Waals surface area contributed by atoms with Crippen molar-refractivity contribution in [2.24, 2.45) is 5.92 Å². The van der Waals surface area contributed by atoms with Gasteiger partial charge < -0.3 is 4.74 Å². The second kappa shape index (κ2) is 5.13. The highest BCUT2D eigenvalue weighted by Crippen LogP contribution is 2.45. The van der Waals surface area contributed by atoms with Crippen LogP contribution < -0.4 is 5.32 Å². The van der Waals surface area contributed by atoms with E-state index in [4.69, 9.17) is 4.74 Å². The van der Waals surface area contributed by atoms with E-state index in [9.17, 15) is 4.79 Å². The van der Waals surface area contributed by atoms with Gasteiger partial charge in [0, 0.05) is 0 Å². The molecule has 0 heterocycles. The molecular formula is C18H25NO2. The van der Waals surface area contributed by atoms with E-state index in [1.807, 2.05) is 6.07 Å². The minimum absolute atomic E-state index is 0.107. The number of benzene rings is 1. The number of carbonyl (C=O) groups excluding carboxylic acids is 1. The predicted octanol–water partition coefficient (Wildman–Crippen LogP) is 3.13. The van der Waals surface area contributed by atoms with Crippen molar-refractivity contribution >= 4 is 5.97 Å². The van der Waals surface area contributed by atoms with E-state index in [1.165, 1.54) is 25.5 Å². The molecule has 1 unspecified atom stereocenters. The fourth-order valence-corrected chi connectivity index (χ4v) is 3.50. The molecule has 0 spiro atoms. The summed E-state index contributed by atoms with van der Waals surface area (Å²) >= 11 is 0. The number of esters is 1. The number of ether oxygens (including phenoxy) is 1. The van der Waals surface area contributed by atoms with Crippen LogP contribution in [0.15, 0.2) is 24.3 Å². The molecule has 1 aromatic rings. The summed E-state index contributed by atoms with van der Waals surface area (Å²) in [5, 5.41) is 3.57. The van der Waals surface area contributed by atoms with Crippen molar-refractivity contribution in [3.8, 4) is 0 Å². The van der Waals surface area contributed by atoms with Gasteiger partial charge in [-0.3, -0.25) is 5.32 Å². The van der Waals surface area contributed by atoms with Gasteiger partial charge >= 0.3 is 5.97 Å². The first-order valence-corrected chi connectivity index (χ1v) is 7.93. The van der Waals surface area contributed by atoms with Crippen molar-refractivity contribution in [3.05, 3.63) is 35.4 Å². The second-order valence-corrected chi connectivity index (χ2v) is 7.15. The quantitative estimate of drug-likeness (QED) is 0.865. The third-order valence-electron chi connectivity index (χ3n) is 5.16. The van der Waals surface area contributed by atoms with Crippen molar-refractivity contribution in [1.82, 2.24) is 5.32 Å². The van der Waals surface area contributed by atoms with Gasteiger partial charge in [-0.15, -0.1) is 0 Å². The van der Waals surface area contributed by atoms with E-state index in [1.54, 1.807) is 0 Å². The van der Waals surface area contributed by atoms with Crippen LogP contribution in [-0.4, -0.2) is 19.6 Å². The molecule has 21 heavy (non-hydrogen) atoms. The summed E-state index contributed by atoms with van der Waals surface area (Å²) < 4.78 is 5.17. The van der Waals surface area contributed by atoms with Crippen molar-refractivity contribution in [2.45, 2.75) is 50.5 Å². The lowest BCUT2D eigenvalue weighted by Gasteiger charge is -2.44. The SMILES string of the molecule is COC(=O)C1(NCC2CC2)CCC(C)(C)c2ccccc21. The monoisotopic (exact) mass is 287 g/mol. The molecule has 0 aliphatic heterocycles. The maximum Gasteiger partial charge on any atom is 0.330 e. The lowest BCUT2D eigenvalue weighted by atomic mass is 9.65. The Labute approximate surface area is 127 Å². The Hall–Kier alpha value is -1.35. The molecule has 1 atom stereocenters. The fraction of sp³-hybridized carbons (Fsp3) is 0.611. The lowest BCUT2D eigenvalue weighted by molar-refractivity contribution is -0.150. The van der Waals surface area contributed by atoms with Crippen LogP contribution in [0.5, 0.6) is 0 Å². The predicted molar refractivity (Wildman–Crippen MR) is 83.1 cm³/mol. The topological polar surface area (TPSA) is 38.3 Å². The Morgan fingerprint density at radius 3 is 2.52 bits per heavy atom. The van der Waals surface area contributed by atoms with E-state index in [-0.39, 0.29) is 11.4 Å². The standard InChI is InChI=1S/C18H25NO2/c1-17(2)10-11-18(16(20)21-3,19-12-13-8-9-13)15-7-5-4-6-14(15)17/h4-7,13,19H,8-12H2,1-3H3. The highest BCUT2D eigenvalue weighted by molar-refractivity contribution is 5.84. The highest BCUT2D eigenvalue weighted by Gasteiger charge is 2.48. The first-order valence-electron chi connectivity index (χ1n) is 7.93. The normalized spacial score (nSPS) is 27.0. The Kier molecular flexibility index (Phi) is 3.56. The van der Waals surface area contributed by atoms with Gasteiger partial charge in [0.15, 0.2) is 0 Å². The largest absolute Gasteiger partial charge is 0.467 e. The van der Waals surface area contributed by atoms with Crippen LogP contribution >= 0.6 is 0 Å². The van der Waals surface area contributed by atoms with Crippen LogP contribution in [0.3, 0.4) is 0 Å². The van der Waals surface area contributed by atoms with Crippen molar-refractivity contribution < 1.29 is 9.53 Å². The number of methoxy groups -OCH3 is 1. The van der Waals surface area contributed by atoms with E-state index < -0.39 is 5.54 Å². The van der Waals surface area contributed by atoms with Crippen LogP contribution in [0.4, 0.5) is 0 Å². The minimum atomic E-state index is -0.663. The zero-order chi connectivity index (χ0) is 15.1. The fourth-order valence-electron chi connectivity index (χ4n) is 3.50. The molecule has 1 N–H and O–H groups in total. The van der Waals surface area contributed by atoms with Gasteiger partial charge in [0.1, 0.15) is 5.54 Å². The molecule has 1 fully saturated rings. The summed E-state index contributed by atoms with van der Waals surface area (Å²) in [6.07, 6.45) is 4.34. The molecule has 1 aromatic carbocycles. The third kappa shape index (κ3) is 2.48. The summed E-state index contributed by atoms with van der Waals surface area (Å²) in [6.45, 7) is 5.42. The van der Waals surface area contributed by atoms with Gasteiger partial charge in [-0.2, -0.15) is 0 Å². The number of fused-ring (bicyclic) bond motifs is 1. The van der Waals surface area contributed by atoms with Crippen LogP contribution in [0.1, 0.15) is 50.7 Å². The Balaban J connectivity index is 2.04. The van der Waals surface area contributed by atoms with E-state index in [0.29, 0.717) is 0 Å². The van der Waals surface area contributed by atoms with Crippen LogP contribution in [0.25, 0.3) is 0 Å². The van der Waals surface area contributed by atoms with Gasteiger partial charge in [-0.1, -0.05) is 38.1 Å². The smallest absolute Gasteiger partial charge is 0.330 e. The number of nitrogens with one attached hydrogen (secondary N) is 1. The molecule has 3 nitrogen and oxygen atoms in total. The Morgan fingerprint density at radius 1 is 1.24 bits per heavy atom. The van der Waals surface area contributed by atoms with E-state index in [0.717, 1.165) is 30.9 Å². The maximum absolute atomic E-state index is 12.6. The average molecular weight is 287 g/mol. The first kappa shape index (κ1) is 14.6. The number of rotatable bonds is 4. The summed E-state index contributed by atoms with van der Waals surface area (Å²) in [5.41, 5.74) is 1.82. The molecule has 3 rings (SSSR count). The summed E-state index contributed by atoms with van der Waals surface area (Å²) in [5.74, 6) is 0.583. The Morgan fingerprint density at radius 2 is 1.90 bits per heavy atom. The summed E-state index contributed by atoms with van der Waals surface area (Å²) in [6, 6.07) is 8.34. The average Bonchev–Trinajstić information content (AvgIpc) is 3.31. The molecule has 1 saturated carbocycles. The van der Waals surface area contributed by atoms with Crippen LogP contribution in [0.2, 0.25) is 0 Å². The lowest BCUT2D eigenvalue weighted by Crippen LogP contribution is -2.54. The maximum atomic E-state index is 12.6. The third-order valence-corrected chi connectivity index (χ3v) is 5.16. The molecule has 0 aromatic heterocycles. The Bertz CT molecular complexity index is 548. The van der Waals surface area contributed by atoms with Crippen LogP contribution in [0, 0.1) is 5.92 Å². The number of carbonyl (C=O) groups is 1.